The molecule has 0 saturated heterocycles. The van der Waals surface area contributed by atoms with E-state index in [-0.39, 0.29) is 11.4 Å². The average molecular weight is 376 g/mol. The highest BCUT2D eigenvalue weighted by atomic mass is 35.5. The zero-order chi connectivity index (χ0) is 18.2. The molecular formula is C19H18ClNO3S. The minimum absolute atomic E-state index is 0.182. The molecule has 0 unspecified atom stereocenters. The molecule has 0 bridgehead atoms. The maximum absolute atomic E-state index is 13.2. The van der Waals surface area contributed by atoms with Crippen molar-refractivity contribution in [1.29, 1.82) is 0 Å². The molecule has 6 heteroatoms. The van der Waals surface area contributed by atoms with E-state index in [0.29, 0.717) is 16.2 Å². The molecule has 1 heterocycles. The Balaban J connectivity index is 2.11. The molecule has 0 aliphatic carbocycles. The van der Waals surface area contributed by atoms with E-state index in [2.05, 4.69) is 0 Å². The van der Waals surface area contributed by atoms with E-state index in [9.17, 15) is 13.2 Å². The summed E-state index contributed by atoms with van der Waals surface area (Å²) in [7, 11) is -3.75. The number of nitrogens with zero attached hydrogens (tertiary/aromatic N) is 1. The molecule has 4 nitrogen and oxygen atoms in total. The second kappa shape index (κ2) is 6.75. The second-order valence-electron chi connectivity index (χ2n) is 6.17. The Kier molecular flexibility index (Phi) is 4.82. The van der Waals surface area contributed by atoms with Crippen LogP contribution in [0.1, 0.15) is 24.1 Å². The molecule has 25 heavy (non-hydrogen) atoms. The fourth-order valence-corrected chi connectivity index (χ4v) is 4.89. The smallest absolute Gasteiger partial charge is 0.244 e. The second-order valence-corrected chi connectivity index (χ2v) is 8.50. The molecule has 0 amide bonds. The van der Waals surface area contributed by atoms with Gasteiger partial charge in [-0.1, -0.05) is 41.4 Å². The summed E-state index contributed by atoms with van der Waals surface area (Å²) in [4.78, 5) is 11.8. The van der Waals surface area contributed by atoms with E-state index in [1.807, 2.05) is 6.92 Å². The van der Waals surface area contributed by atoms with Crippen LogP contribution in [0.15, 0.2) is 64.6 Å². The van der Waals surface area contributed by atoms with Crippen molar-refractivity contribution in [1.82, 2.24) is 4.31 Å². The lowest BCUT2D eigenvalue weighted by Gasteiger charge is -2.26. The Hall–Kier alpha value is -1.95. The van der Waals surface area contributed by atoms with Gasteiger partial charge in [-0.15, -0.1) is 0 Å². The van der Waals surface area contributed by atoms with Gasteiger partial charge in [-0.3, -0.25) is 4.79 Å². The summed E-state index contributed by atoms with van der Waals surface area (Å²) in [5.74, 6) is 0. The molecule has 3 rings (SSSR count). The van der Waals surface area contributed by atoms with Crippen LogP contribution in [0.2, 0.25) is 5.02 Å². The number of hydrogen-bond acceptors (Lipinski definition) is 3. The minimum atomic E-state index is -3.75. The van der Waals surface area contributed by atoms with Gasteiger partial charge in [-0.25, -0.2) is 8.42 Å². The first kappa shape index (κ1) is 17.9. The van der Waals surface area contributed by atoms with Gasteiger partial charge in [-0.05, 0) is 49.2 Å². The van der Waals surface area contributed by atoms with Gasteiger partial charge in [0.05, 0.1) is 10.9 Å². The third kappa shape index (κ3) is 3.27. The summed E-state index contributed by atoms with van der Waals surface area (Å²) in [6.07, 6.45) is 0.742. The van der Waals surface area contributed by atoms with Crippen LogP contribution in [-0.4, -0.2) is 25.6 Å². The van der Waals surface area contributed by atoms with Crippen LogP contribution >= 0.6 is 11.6 Å². The molecule has 0 radical (unpaired) electrons. The Morgan fingerprint density at radius 1 is 1.12 bits per heavy atom. The van der Waals surface area contributed by atoms with Crippen molar-refractivity contribution in [2.45, 2.75) is 24.8 Å². The van der Waals surface area contributed by atoms with Gasteiger partial charge >= 0.3 is 0 Å². The van der Waals surface area contributed by atoms with Gasteiger partial charge in [0.15, 0.2) is 0 Å². The van der Waals surface area contributed by atoms with Crippen LogP contribution in [0.5, 0.6) is 0 Å². The fourth-order valence-electron chi connectivity index (χ4n) is 3.06. The van der Waals surface area contributed by atoms with Crippen molar-refractivity contribution < 1.29 is 13.2 Å². The third-order valence-electron chi connectivity index (χ3n) is 4.39. The molecule has 1 atom stereocenters. The van der Waals surface area contributed by atoms with Gasteiger partial charge < -0.3 is 0 Å². The Bertz CT molecular complexity index is 949. The first-order valence-electron chi connectivity index (χ1n) is 7.83. The average Bonchev–Trinajstić information content (AvgIpc) is 2.92. The normalized spacial score (nSPS) is 18.6. The van der Waals surface area contributed by atoms with Gasteiger partial charge in [-0.2, -0.15) is 4.31 Å². The van der Waals surface area contributed by atoms with Crippen LogP contribution in [0.3, 0.4) is 0 Å². The topological polar surface area (TPSA) is 54.5 Å². The predicted molar refractivity (Wildman–Crippen MR) is 98.0 cm³/mol. The lowest BCUT2D eigenvalue weighted by molar-refractivity contribution is -0.105. The molecule has 0 saturated carbocycles. The van der Waals surface area contributed by atoms with Crippen molar-refractivity contribution in [2.24, 2.45) is 0 Å². The van der Waals surface area contributed by atoms with Crippen molar-refractivity contribution in [3.8, 4) is 0 Å². The van der Waals surface area contributed by atoms with Crippen LogP contribution in [0.25, 0.3) is 0 Å². The number of aldehydes is 1. The summed E-state index contributed by atoms with van der Waals surface area (Å²) < 4.78 is 27.7. The zero-order valence-electron chi connectivity index (χ0n) is 13.9. The van der Waals surface area contributed by atoms with Gasteiger partial charge in [0.1, 0.15) is 6.29 Å². The maximum atomic E-state index is 13.2. The molecule has 2 aromatic carbocycles. The van der Waals surface area contributed by atoms with Crippen LogP contribution in [-0.2, 0) is 14.8 Å². The van der Waals surface area contributed by atoms with E-state index in [1.165, 1.54) is 4.31 Å². The SMILES string of the molecule is CC1=C(C=O)[C@@H](c2cccc(Cl)c2)N(S(=O)(=O)c2ccc(C)cc2)C1. The highest BCUT2D eigenvalue weighted by molar-refractivity contribution is 7.89. The maximum Gasteiger partial charge on any atom is 0.244 e. The molecule has 130 valence electrons. The monoisotopic (exact) mass is 375 g/mol. The third-order valence-corrected chi connectivity index (χ3v) is 6.45. The number of hydrogen-bond donors (Lipinski definition) is 0. The molecular weight excluding hydrogens is 358 g/mol. The van der Waals surface area contributed by atoms with E-state index in [1.54, 1.807) is 55.5 Å². The zero-order valence-corrected chi connectivity index (χ0v) is 15.5. The van der Waals surface area contributed by atoms with Gasteiger partial charge in [0.2, 0.25) is 10.0 Å². The predicted octanol–water partition coefficient (Wildman–Crippen LogP) is 3.91. The Morgan fingerprint density at radius 3 is 2.40 bits per heavy atom. The highest BCUT2D eigenvalue weighted by Gasteiger charge is 2.40. The number of aryl methyl sites for hydroxylation is 1. The van der Waals surface area contributed by atoms with Crippen molar-refractivity contribution in [3.05, 3.63) is 75.8 Å². The molecule has 2 aromatic rings. The lowest BCUT2D eigenvalue weighted by atomic mass is 10.00. The molecule has 1 aliphatic heterocycles. The molecule has 0 N–H and O–H groups in total. The van der Waals surface area contributed by atoms with Gasteiger partial charge in [0, 0.05) is 17.1 Å². The van der Waals surface area contributed by atoms with E-state index >= 15 is 0 Å². The van der Waals surface area contributed by atoms with Crippen molar-refractivity contribution in [2.75, 3.05) is 6.54 Å². The number of sulfonamides is 1. The highest BCUT2D eigenvalue weighted by Crippen LogP contribution is 2.40. The number of rotatable bonds is 4. The molecule has 0 spiro atoms. The lowest BCUT2D eigenvalue weighted by Crippen LogP contribution is -2.32. The summed E-state index contributed by atoms with van der Waals surface area (Å²) >= 11 is 6.07. The molecule has 1 aliphatic rings. The van der Waals surface area contributed by atoms with Crippen LogP contribution in [0.4, 0.5) is 0 Å². The Morgan fingerprint density at radius 2 is 1.80 bits per heavy atom. The van der Waals surface area contributed by atoms with E-state index in [0.717, 1.165) is 17.4 Å². The number of carbonyl (C=O) groups excluding carboxylic acids is 1. The van der Waals surface area contributed by atoms with E-state index < -0.39 is 16.1 Å². The van der Waals surface area contributed by atoms with Crippen molar-refractivity contribution in [3.63, 3.8) is 0 Å². The first-order valence-corrected chi connectivity index (χ1v) is 9.65. The number of carbonyl (C=O) groups is 1. The summed E-state index contributed by atoms with van der Waals surface area (Å²) in [6, 6.07) is 13.0. The Labute approximate surface area is 152 Å². The first-order chi connectivity index (χ1) is 11.8. The molecule has 0 aromatic heterocycles. The standard InChI is InChI=1S/C19H18ClNO3S/c1-13-6-8-17(9-7-13)25(23,24)21-11-14(2)18(12-22)19(21)15-4-3-5-16(20)10-15/h3-10,12,19H,11H2,1-2H3/t19-/m1/s1. The fraction of sp³-hybridized carbons (Fsp3) is 0.211. The summed E-state index contributed by atoms with van der Waals surface area (Å²) in [5.41, 5.74) is 2.88. The number of halogens is 1. The molecule has 0 fully saturated rings. The number of benzene rings is 2. The van der Waals surface area contributed by atoms with Crippen LogP contribution < -0.4 is 0 Å². The van der Waals surface area contributed by atoms with Gasteiger partial charge in [0.25, 0.3) is 0 Å². The quantitative estimate of drug-likeness (QED) is 0.761. The van der Waals surface area contributed by atoms with E-state index in [4.69, 9.17) is 11.6 Å². The summed E-state index contributed by atoms with van der Waals surface area (Å²) in [6.45, 7) is 3.87. The largest absolute Gasteiger partial charge is 0.298 e. The van der Waals surface area contributed by atoms with Crippen molar-refractivity contribution >= 4 is 27.9 Å². The van der Waals surface area contributed by atoms with Crippen LogP contribution in [0, 0.1) is 6.92 Å². The minimum Gasteiger partial charge on any atom is -0.298 e. The summed E-state index contributed by atoms with van der Waals surface area (Å²) in [5, 5.41) is 0.500.